The molecule has 1 aromatic rings. The summed E-state index contributed by atoms with van der Waals surface area (Å²) >= 11 is 0. The van der Waals surface area contributed by atoms with E-state index in [9.17, 15) is 9.59 Å². The van der Waals surface area contributed by atoms with Crippen LogP contribution in [-0.2, 0) is 16.1 Å². The van der Waals surface area contributed by atoms with Gasteiger partial charge in [-0.2, -0.15) is 0 Å². The van der Waals surface area contributed by atoms with E-state index in [2.05, 4.69) is 22.0 Å². The Kier molecular flexibility index (Phi) is 4.08. The summed E-state index contributed by atoms with van der Waals surface area (Å²) in [5.41, 5.74) is 1.05. The quantitative estimate of drug-likeness (QED) is 0.800. The van der Waals surface area contributed by atoms with Crippen LogP contribution in [0.3, 0.4) is 0 Å². The minimum absolute atomic E-state index is 0.119. The summed E-state index contributed by atoms with van der Waals surface area (Å²) in [6, 6.07) is 4.25. The lowest BCUT2D eigenvalue weighted by Crippen LogP contribution is -2.53. The van der Waals surface area contributed by atoms with Crippen molar-refractivity contribution >= 4 is 11.8 Å². The summed E-state index contributed by atoms with van der Waals surface area (Å²) in [7, 11) is 0. The van der Waals surface area contributed by atoms with Crippen LogP contribution in [0.4, 0.5) is 0 Å². The van der Waals surface area contributed by atoms with Gasteiger partial charge < -0.3 is 9.80 Å². The summed E-state index contributed by atoms with van der Waals surface area (Å²) < 4.78 is 0. The van der Waals surface area contributed by atoms with Crippen molar-refractivity contribution < 1.29 is 9.59 Å². The minimum atomic E-state index is 0.119. The molecule has 2 saturated heterocycles. The molecule has 24 heavy (non-hydrogen) atoms. The Morgan fingerprint density at radius 1 is 1.21 bits per heavy atom. The van der Waals surface area contributed by atoms with Gasteiger partial charge >= 0.3 is 0 Å². The van der Waals surface area contributed by atoms with E-state index in [1.807, 2.05) is 23.2 Å². The third-order valence-corrected chi connectivity index (χ3v) is 5.60. The van der Waals surface area contributed by atoms with Crippen LogP contribution < -0.4 is 0 Å². The summed E-state index contributed by atoms with van der Waals surface area (Å²) in [5, 5.41) is 0. The topological polar surface area (TPSA) is 53.5 Å². The predicted molar refractivity (Wildman–Crippen MR) is 89.8 cm³/mol. The van der Waals surface area contributed by atoms with E-state index in [4.69, 9.17) is 0 Å². The van der Waals surface area contributed by atoms with Gasteiger partial charge in [0.1, 0.15) is 0 Å². The number of rotatable bonds is 3. The highest BCUT2D eigenvalue weighted by atomic mass is 16.2. The number of piperidine rings is 1. The van der Waals surface area contributed by atoms with Gasteiger partial charge in [0.15, 0.2) is 0 Å². The molecule has 2 fully saturated rings. The average Bonchev–Trinajstić information content (AvgIpc) is 3.27. The van der Waals surface area contributed by atoms with Gasteiger partial charge in [-0.1, -0.05) is 18.2 Å². The molecule has 4 rings (SSSR count). The van der Waals surface area contributed by atoms with Crippen molar-refractivity contribution in [3.05, 3.63) is 42.2 Å². The van der Waals surface area contributed by atoms with E-state index in [1.54, 1.807) is 6.20 Å². The van der Waals surface area contributed by atoms with Crippen molar-refractivity contribution in [1.29, 1.82) is 0 Å². The fourth-order valence-corrected chi connectivity index (χ4v) is 4.37. The highest BCUT2D eigenvalue weighted by Crippen LogP contribution is 2.34. The SMILES string of the molecule is O=C1CC[C@@H]2[C@@H](CCN2C(=O)C2CC=CC2)N1Cc1cccnc1. The van der Waals surface area contributed by atoms with E-state index >= 15 is 0 Å². The van der Waals surface area contributed by atoms with Crippen molar-refractivity contribution in [3.8, 4) is 0 Å². The maximum absolute atomic E-state index is 12.8. The van der Waals surface area contributed by atoms with Crippen LogP contribution in [0.1, 0.15) is 37.7 Å². The highest BCUT2D eigenvalue weighted by Gasteiger charge is 2.45. The predicted octanol–water partition coefficient (Wildman–Crippen LogP) is 2.14. The molecule has 2 atom stereocenters. The second-order valence-corrected chi connectivity index (χ2v) is 7.02. The number of likely N-dealkylation sites (tertiary alicyclic amines) is 2. The van der Waals surface area contributed by atoms with E-state index in [0.717, 1.165) is 37.8 Å². The second-order valence-electron chi connectivity index (χ2n) is 7.02. The summed E-state index contributed by atoms with van der Waals surface area (Å²) in [4.78, 5) is 33.5. The Balaban J connectivity index is 1.49. The molecule has 0 saturated carbocycles. The molecule has 0 radical (unpaired) electrons. The molecule has 0 aromatic carbocycles. The number of pyridine rings is 1. The number of aromatic nitrogens is 1. The number of hydrogen-bond donors (Lipinski definition) is 0. The first-order valence-corrected chi connectivity index (χ1v) is 8.88. The van der Waals surface area contributed by atoms with Crippen LogP contribution in [0.25, 0.3) is 0 Å². The molecule has 3 aliphatic rings. The van der Waals surface area contributed by atoms with Crippen molar-refractivity contribution in [3.63, 3.8) is 0 Å². The minimum Gasteiger partial charge on any atom is -0.337 e. The molecule has 5 heteroatoms. The molecule has 2 aliphatic heterocycles. The molecule has 0 bridgehead atoms. The Bertz CT molecular complexity index is 650. The van der Waals surface area contributed by atoms with Gasteiger partial charge in [0, 0.05) is 37.8 Å². The fourth-order valence-electron chi connectivity index (χ4n) is 4.37. The summed E-state index contributed by atoms with van der Waals surface area (Å²) in [6.07, 6.45) is 11.7. The van der Waals surface area contributed by atoms with Crippen LogP contribution in [0, 0.1) is 5.92 Å². The number of carbonyl (C=O) groups is 2. The molecule has 0 N–H and O–H groups in total. The molecule has 3 heterocycles. The third-order valence-electron chi connectivity index (χ3n) is 5.60. The zero-order valence-electron chi connectivity index (χ0n) is 13.8. The lowest BCUT2D eigenvalue weighted by Gasteiger charge is -2.40. The maximum Gasteiger partial charge on any atom is 0.226 e. The Morgan fingerprint density at radius 3 is 2.79 bits per heavy atom. The molecule has 0 unspecified atom stereocenters. The van der Waals surface area contributed by atoms with Gasteiger partial charge in [-0.3, -0.25) is 14.6 Å². The van der Waals surface area contributed by atoms with E-state index in [0.29, 0.717) is 13.0 Å². The molecule has 0 spiro atoms. The third kappa shape index (κ3) is 2.72. The highest BCUT2D eigenvalue weighted by molar-refractivity contribution is 5.82. The van der Waals surface area contributed by atoms with Crippen LogP contribution >= 0.6 is 0 Å². The number of fused-ring (bicyclic) bond motifs is 1. The first kappa shape index (κ1) is 15.4. The largest absolute Gasteiger partial charge is 0.337 e. The van der Waals surface area contributed by atoms with Crippen LogP contribution in [0.15, 0.2) is 36.7 Å². The van der Waals surface area contributed by atoms with E-state index in [1.165, 1.54) is 0 Å². The number of amides is 2. The normalized spacial score (nSPS) is 26.9. The Labute approximate surface area is 142 Å². The molecule has 1 aromatic heterocycles. The molecule has 5 nitrogen and oxygen atoms in total. The van der Waals surface area contributed by atoms with Crippen molar-refractivity contribution in [2.45, 2.75) is 50.7 Å². The van der Waals surface area contributed by atoms with Crippen molar-refractivity contribution in [2.24, 2.45) is 5.92 Å². The van der Waals surface area contributed by atoms with Gasteiger partial charge in [0.05, 0.1) is 12.1 Å². The molecule has 2 amide bonds. The number of nitrogens with zero attached hydrogens (tertiary/aromatic N) is 3. The Hall–Kier alpha value is -2.17. The molecular weight excluding hydrogens is 302 g/mol. The van der Waals surface area contributed by atoms with Crippen molar-refractivity contribution in [1.82, 2.24) is 14.8 Å². The molecule has 1 aliphatic carbocycles. The molecular formula is C19H23N3O2. The van der Waals surface area contributed by atoms with Gasteiger partial charge in [0.2, 0.25) is 11.8 Å². The Morgan fingerprint density at radius 2 is 2.04 bits per heavy atom. The first-order chi connectivity index (χ1) is 11.7. The average molecular weight is 325 g/mol. The number of carbonyl (C=O) groups excluding carboxylic acids is 2. The number of hydrogen-bond acceptors (Lipinski definition) is 3. The lowest BCUT2D eigenvalue weighted by molar-refractivity contribution is -0.144. The lowest BCUT2D eigenvalue weighted by atomic mass is 9.95. The van der Waals surface area contributed by atoms with Gasteiger partial charge in [0.25, 0.3) is 0 Å². The monoisotopic (exact) mass is 325 g/mol. The van der Waals surface area contributed by atoms with Crippen LogP contribution in [-0.4, -0.2) is 45.2 Å². The van der Waals surface area contributed by atoms with Gasteiger partial charge in [-0.15, -0.1) is 0 Å². The van der Waals surface area contributed by atoms with Gasteiger partial charge in [-0.05, 0) is 37.3 Å². The summed E-state index contributed by atoms with van der Waals surface area (Å²) in [6.45, 7) is 1.38. The maximum atomic E-state index is 12.8. The smallest absolute Gasteiger partial charge is 0.226 e. The van der Waals surface area contributed by atoms with Crippen LogP contribution in [0.2, 0.25) is 0 Å². The zero-order valence-corrected chi connectivity index (χ0v) is 13.8. The molecule has 126 valence electrons. The number of allylic oxidation sites excluding steroid dienone is 2. The van der Waals surface area contributed by atoms with Gasteiger partial charge in [-0.25, -0.2) is 0 Å². The zero-order chi connectivity index (χ0) is 16.5. The summed E-state index contributed by atoms with van der Waals surface area (Å²) in [5.74, 6) is 0.605. The van der Waals surface area contributed by atoms with E-state index < -0.39 is 0 Å². The van der Waals surface area contributed by atoms with E-state index in [-0.39, 0.29) is 29.8 Å². The standard InChI is InChI=1S/C19H23N3O2/c23-18-8-7-16-17(22(18)13-14-4-3-10-20-12-14)9-11-21(16)19(24)15-5-1-2-6-15/h1-4,10,12,15-17H,5-9,11,13H2/t16-,17-/m1/s1. The second kappa shape index (κ2) is 6.38. The van der Waals surface area contributed by atoms with Crippen LogP contribution in [0.5, 0.6) is 0 Å². The fraction of sp³-hybridized carbons (Fsp3) is 0.526. The first-order valence-electron chi connectivity index (χ1n) is 8.88. The van der Waals surface area contributed by atoms with Crippen molar-refractivity contribution in [2.75, 3.05) is 6.54 Å².